The van der Waals surface area contributed by atoms with Crippen LogP contribution in [0.5, 0.6) is 0 Å². The molecule has 150 valence electrons. The molecule has 5 rings (SSSR count). The van der Waals surface area contributed by atoms with Gasteiger partial charge in [-0.2, -0.15) is 0 Å². The van der Waals surface area contributed by atoms with E-state index in [-0.39, 0.29) is 24.0 Å². The molecule has 0 bridgehead atoms. The second-order valence-electron chi connectivity index (χ2n) is 8.00. The Morgan fingerprint density at radius 1 is 0.933 bits per heavy atom. The van der Waals surface area contributed by atoms with E-state index in [1.54, 1.807) is 12.1 Å². The standard InChI is InChI=1S/C26H23NO3/c28-25(27-23-12-6-10-17-7-4-5-11-21(17)23)19-13-14-22-20(15-19)16-24(30-26(22)29)18-8-2-1-3-9-18/h1-5,7-9,11,13-15,23-24H,6,10,12,16H2,(H,27,28)/t23-,24+/m0/s1. The van der Waals surface area contributed by atoms with Crippen LogP contribution < -0.4 is 5.32 Å². The average Bonchev–Trinajstić information content (AvgIpc) is 2.79. The molecule has 1 amide bonds. The third-order valence-electron chi connectivity index (χ3n) is 6.09. The maximum absolute atomic E-state index is 13.0. The number of benzene rings is 3. The molecule has 3 aromatic rings. The van der Waals surface area contributed by atoms with Crippen LogP contribution in [0.15, 0.2) is 72.8 Å². The maximum atomic E-state index is 13.0. The van der Waals surface area contributed by atoms with Gasteiger partial charge in [-0.25, -0.2) is 4.79 Å². The van der Waals surface area contributed by atoms with Crippen LogP contribution in [0.1, 0.15) is 68.0 Å². The summed E-state index contributed by atoms with van der Waals surface area (Å²) in [7, 11) is 0. The van der Waals surface area contributed by atoms with E-state index < -0.39 is 0 Å². The van der Waals surface area contributed by atoms with Crippen LogP contribution in [-0.2, 0) is 17.6 Å². The molecule has 1 aliphatic heterocycles. The van der Waals surface area contributed by atoms with E-state index in [9.17, 15) is 9.59 Å². The zero-order chi connectivity index (χ0) is 20.5. The highest BCUT2D eigenvalue weighted by Gasteiger charge is 2.29. The SMILES string of the molecule is O=C(N[C@H]1CCCc2ccccc21)c1ccc2c(c1)C[C@H](c1ccccc1)OC2=O. The Kier molecular flexibility index (Phi) is 4.83. The third-order valence-corrected chi connectivity index (χ3v) is 6.09. The lowest BCUT2D eigenvalue weighted by molar-refractivity contribution is 0.0252. The zero-order valence-electron chi connectivity index (χ0n) is 16.6. The van der Waals surface area contributed by atoms with E-state index in [1.165, 1.54) is 11.1 Å². The van der Waals surface area contributed by atoms with Crippen molar-refractivity contribution in [1.29, 1.82) is 0 Å². The number of carbonyl (C=O) groups excluding carboxylic acids is 2. The first-order chi connectivity index (χ1) is 14.7. The smallest absolute Gasteiger partial charge is 0.339 e. The van der Waals surface area contributed by atoms with Crippen molar-refractivity contribution in [3.05, 3.63) is 106 Å². The van der Waals surface area contributed by atoms with E-state index in [2.05, 4.69) is 23.5 Å². The Morgan fingerprint density at radius 3 is 2.60 bits per heavy atom. The number of hydrogen-bond acceptors (Lipinski definition) is 3. The molecule has 2 atom stereocenters. The second-order valence-corrected chi connectivity index (χ2v) is 8.00. The van der Waals surface area contributed by atoms with Gasteiger partial charge in [0.1, 0.15) is 6.10 Å². The Bertz CT molecular complexity index is 1110. The molecule has 0 saturated carbocycles. The van der Waals surface area contributed by atoms with Gasteiger partial charge >= 0.3 is 5.97 Å². The van der Waals surface area contributed by atoms with Gasteiger partial charge < -0.3 is 10.1 Å². The number of cyclic esters (lactones) is 1. The minimum absolute atomic E-state index is 0.0283. The van der Waals surface area contributed by atoms with Gasteiger partial charge in [-0.3, -0.25) is 4.79 Å². The summed E-state index contributed by atoms with van der Waals surface area (Å²) in [6.45, 7) is 0. The topological polar surface area (TPSA) is 55.4 Å². The van der Waals surface area contributed by atoms with Crippen LogP contribution in [0, 0.1) is 0 Å². The fraction of sp³-hybridized carbons (Fsp3) is 0.231. The maximum Gasteiger partial charge on any atom is 0.339 e. The van der Waals surface area contributed by atoms with Gasteiger partial charge in [0.15, 0.2) is 0 Å². The summed E-state index contributed by atoms with van der Waals surface area (Å²) in [6, 6.07) is 23.3. The number of ether oxygens (including phenoxy) is 1. The van der Waals surface area contributed by atoms with E-state index in [0.29, 0.717) is 17.5 Å². The fourth-order valence-corrected chi connectivity index (χ4v) is 4.54. The number of amides is 1. The Hall–Kier alpha value is -3.40. The van der Waals surface area contributed by atoms with Gasteiger partial charge in [0, 0.05) is 12.0 Å². The van der Waals surface area contributed by atoms with Crippen molar-refractivity contribution in [2.75, 3.05) is 0 Å². The molecule has 1 heterocycles. The van der Waals surface area contributed by atoms with E-state index in [1.807, 2.05) is 42.5 Å². The largest absolute Gasteiger partial charge is 0.454 e. The third kappa shape index (κ3) is 3.50. The minimum atomic E-state index is -0.335. The molecule has 3 aromatic carbocycles. The molecule has 0 unspecified atom stereocenters. The lowest BCUT2D eigenvalue weighted by Gasteiger charge is -2.27. The van der Waals surface area contributed by atoms with Gasteiger partial charge in [0.25, 0.3) is 5.91 Å². The summed E-state index contributed by atoms with van der Waals surface area (Å²) >= 11 is 0. The van der Waals surface area contributed by atoms with Crippen LogP contribution in [0.2, 0.25) is 0 Å². The molecular formula is C26H23NO3. The van der Waals surface area contributed by atoms with E-state index >= 15 is 0 Å². The lowest BCUT2D eigenvalue weighted by atomic mass is 9.87. The summed E-state index contributed by atoms with van der Waals surface area (Å²) in [6.07, 6.45) is 3.31. The van der Waals surface area contributed by atoms with Gasteiger partial charge in [0.2, 0.25) is 0 Å². The number of hydrogen-bond donors (Lipinski definition) is 1. The molecule has 1 aliphatic carbocycles. The molecule has 0 aromatic heterocycles. The fourth-order valence-electron chi connectivity index (χ4n) is 4.54. The quantitative estimate of drug-likeness (QED) is 0.637. The normalized spacial score (nSPS) is 19.9. The van der Waals surface area contributed by atoms with Crippen molar-refractivity contribution in [3.8, 4) is 0 Å². The highest BCUT2D eigenvalue weighted by atomic mass is 16.5. The highest BCUT2D eigenvalue weighted by molar-refractivity contribution is 5.98. The van der Waals surface area contributed by atoms with Gasteiger partial charge in [-0.1, -0.05) is 54.6 Å². The van der Waals surface area contributed by atoms with Crippen LogP contribution in [0.3, 0.4) is 0 Å². The Labute approximate surface area is 175 Å². The van der Waals surface area contributed by atoms with Crippen molar-refractivity contribution < 1.29 is 14.3 Å². The molecule has 30 heavy (non-hydrogen) atoms. The average molecular weight is 397 g/mol. The number of rotatable bonds is 3. The number of fused-ring (bicyclic) bond motifs is 2. The molecule has 2 aliphatic rings. The summed E-state index contributed by atoms with van der Waals surface area (Å²) in [5, 5.41) is 3.20. The van der Waals surface area contributed by atoms with Crippen molar-refractivity contribution in [2.24, 2.45) is 0 Å². The van der Waals surface area contributed by atoms with Crippen LogP contribution in [0.4, 0.5) is 0 Å². The predicted molar refractivity (Wildman–Crippen MR) is 114 cm³/mol. The van der Waals surface area contributed by atoms with Crippen molar-refractivity contribution in [2.45, 2.75) is 37.8 Å². The first kappa shape index (κ1) is 18.6. The number of esters is 1. The predicted octanol–water partition coefficient (Wildman–Crippen LogP) is 4.95. The van der Waals surface area contributed by atoms with Crippen LogP contribution in [-0.4, -0.2) is 11.9 Å². The highest BCUT2D eigenvalue weighted by Crippen LogP contribution is 2.32. The number of carbonyl (C=O) groups is 2. The molecule has 4 nitrogen and oxygen atoms in total. The van der Waals surface area contributed by atoms with Gasteiger partial charge in [-0.15, -0.1) is 0 Å². The Balaban J connectivity index is 1.38. The van der Waals surface area contributed by atoms with Gasteiger partial charge in [0.05, 0.1) is 11.6 Å². The summed E-state index contributed by atoms with van der Waals surface area (Å²) in [4.78, 5) is 25.5. The Morgan fingerprint density at radius 2 is 1.73 bits per heavy atom. The van der Waals surface area contributed by atoms with Crippen molar-refractivity contribution in [1.82, 2.24) is 5.32 Å². The first-order valence-corrected chi connectivity index (χ1v) is 10.5. The lowest BCUT2D eigenvalue weighted by Crippen LogP contribution is -2.31. The van der Waals surface area contributed by atoms with Crippen LogP contribution >= 0.6 is 0 Å². The molecule has 4 heteroatoms. The van der Waals surface area contributed by atoms with E-state index in [0.717, 1.165) is 30.4 Å². The van der Waals surface area contributed by atoms with Crippen LogP contribution in [0.25, 0.3) is 0 Å². The summed E-state index contributed by atoms with van der Waals surface area (Å²) in [5.41, 5.74) is 5.47. The van der Waals surface area contributed by atoms with Crippen molar-refractivity contribution >= 4 is 11.9 Å². The zero-order valence-corrected chi connectivity index (χ0v) is 16.6. The minimum Gasteiger partial charge on any atom is -0.454 e. The molecule has 0 spiro atoms. The van der Waals surface area contributed by atoms with Crippen molar-refractivity contribution in [3.63, 3.8) is 0 Å². The molecule has 1 N–H and O–H groups in total. The second kappa shape index (κ2) is 7.79. The number of nitrogens with one attached hydrogen (secondary N) is 1. The number of aryl methyl sites for hydroxylation is 1. The monoisotopic (exact) mass is 397 g/mol. The molecule has 0 fully saturated rings. The summed E-state index contributed by atoms with van der Waals surface area (Å²) in [5.74, 6) is -0.437. The van der Waals surface area contributed by atoms with Gasteiger partial charge in [-0.05, 0) is 59.7 Å². The molecule has 0 radical (unpaired) electrons. The summed E-state index contributed by atoms with van der Waals surface area (Å²) < 4.78 is 5.62. The van der Waals surface area contributed by atoms with E-state index in [4.69, 9.17) is 4.74 Å². The first-order valence-electron chi connectivity index (χ1n) is 10.5. The molecule has 0 saturated heterocycles. The molecular weight excluding hydrogens is 374 g/mol.